The number of benzene rings is 2. The summed E-state index contributed by atoms with van der Waals surface area (Å²) in [5.74, 6) is -0.241. The molecule has 1 aliphatic carbocycles. The Labute approximate surface area is 177 Å². The van der Waals surface area contributed by atoms with E-state index in [1.807, 2.05) is 41.0 Å². The van der Waals surface area contributed by atoms with Crippen LogP contribution >= 0.6 is 11.6 Å². The highest BCUT2D eigenvalue weighted by Gasteiger charge is 2.43. The van der Waals surface area contributed by atoms with Crippen molar-refractivity contribution < 1.29 is 9.59 Å². The molecule has 1 saturated carbocycles. The minimum Gasteiger partial charge on any atom is -0.330 e. The van der Waals surface area contributed by atoms with E-state index in [4.69, 9.17) is 17.3 Å². The van der Waals surface area contributed by atoms with Gasteiger partial charge in [-0.3, -0.25) is 9.59 Å². The number of carbonyl (C=O) groups excluding carboxylic acids is 2. The number of hydrogen-bond acceptors (Lipinski definition) is 4. The molecule has 2 heterocycles. The van der Waals surface area contributed by atoms with E-state index in [1.165, 1.54) is 5.56 Å². The quantitative estimate of drug-likeness (QED) is 0.590. The Balaban J connectivity index is 1.50. The summed E-state index contributed by atoms with van der Waals surface area (Å²) >= 11 is 6.55. The van der Waals surface area contributed by atoms with Gasteiger partial charge in [-0.15, -0.1) is 0 Å². The average Bonchev–Trinajstić information content (AvgIpc) is 3.53. The van der Waals surface area contributed by atoms with Crippen LogP contribution in [0.5, 0.6) is 0 Å². The van der Waals surface area contributed by atoms with Gasteiger partial charge in [0.25, 0.3) is 5.91 Å². The zero-order valence-electron chi connectivity index (χ0n) is 16.1. The number of hydrazone groups is 1. The number of nitrogens with two attached hydrogens (primary N) is 1. The molecule has 4 N–H and O–H groups in total. The zero-order chi connectivity index (χ0) is 20.8. The fraction of sp³-hybridized carbons (Fsp3) is 0.227. The summed E-state index contributed by atoms with van der Waals surface area (Å²) in [5.41, 5.74) is 11.8. The second kappa shape index (κ2) is 7.27. The van der Waals surface area contributed by atoms with E-state index in [0.717, 1.165) is 11.9 Å². The number of nitrogens with zero attached hydrogens (tertiary/aromatic N) is 2. The number of carbonyl (C=O) groups is 2. The number of rotatable bonds is 5. The number of hydrogen-bond donors (Lipinski definition) is 3. The van der Waals surface area contributed by atoms with Gasteiger partial charge in [0.2, 0.25) is 5.91 Å². The summed E-state index contributed by atoms with van der Waals surface area (Å²) in [7, 11) is 0. The maximum absolute atomic E-state index is 12.9. The molecule has 0 saturated heterocycles. The summed E-state index contributed by atoms with van der Waals surface area (Å²) in [5, 5.41) is 8.12. The van der Waals surface area contributed by atoms with Crippen molar-refractivity contribution in [3.8, 4) is 0 Å². The normalized spacial score (nSPS) is 19.5. The Bertz CT molecular complexity index is 1200. The van der Waals surface area contributed by atoms with E-state index in [2.05, 4.69) is 15.8 Å². The average molecular weight is 422 g/mol. The molecule has 30 heavy (non-hydrogen) atoms. The molecule has 152 valence electrons. The third kappa shape index (κ3) is 3.07. The van der Waals surface area contributed by atoms with Gasteiger partial charge < -0.3 is 15.6 Å². The number of aromatic nitrogens is 1. The van der Waals surface area contributed by atoms with Crippen LogP contribution in [0.1, 0.15) is 33.8 Å². The molecule has 1 aromatic heterocycles. The third-order valence-electron chi connectivity index (χ3n) is 5.72. The molecular formula is C22H20ClN5O2. The lowest BCUT2D eigenvalue weighted by Gasteiger charge is -2.11. The van der Waals surface area contributed by atoms with E-state index < -0.39 is 0 Å². The molecular weight excluding hydrogens is 402 g/mol. The highest BCUT2D eigenvalue weighted by molar-refractivity contribution is 6.35. The largest absolute Gasteiger partial charge is 0.330 e. The lowest BCUT2D eigenvalue weighted by atomic mass is 10.0. The summed E-state index contributed by atoms with van der Waals surface area (Å²) in [6.07, 6.45) is 2.36. The van der Waals surface area contributed by atoms with Gasteiger partial charge in [0.15, 0.2) is 0 Å². The van der Waals surface area contributed by atoms with Gasteiger partial charge >= 0.3 is 0 Å². The molecule has 5 rings (SSSR count). The van der Waals surface area contributed by atoms with Crippen molar-refractivity contribution in [1.29, 1.82) is 0 Å². The van der Waals surface area contributed by atoms with Gasteiger partial charge in [0, 0.05) is 35.6 Å². The topological polar surface area (TPSA) is 102 Å². The lowest BCUT2D eigenvalue weighted by Crippen LogP contribution is -2.19. The number of nitrogens with one attached hydrogen (secondary N) is 2. The lowest BCUT2D eigenvalue weighted by molar-refractivity contribution is -0.117. The second-order valence-corrected chi connectivity index (χ2v) is 7.97. The predicted octanol–water partition coefficient (Wildman–Crippen LogP) is 3.07. The molecule has 0 radical (unpaired) electrons. The smallest absolute Gasteiger partial charge is 0.272 e. The fourth-order valence-electron chi connectivity index (χ4n) is 4.20. The highest BCUT2D eigenvalue weighted by atomic mass is 35.5. The molecule has 1 aliphatic heterocycles. The van der Waals surface area contributed by atoms with E-state index in [1.54, 1.807) is 12.3 Å². The van der Waals surface area contributed by atoms with Crippen molar-refractivity contribution in [2.24, 2.45) is 16.8 Å². The Kier molecular flexibility index (Phi) is 4.56. The molecule has 2 atom stereocenters. The van der Waals surface area contributed by atoms with E-state index in [9.17, 15) is 9.59 Å². The van der Waals surface area contributed by atoms with Crippen LogP contribution in [0.2, 0.25) is 5.15 Å². The van der Waals surface area contributed by atoms with Crippen LogP contribution in [0.4, 0.5) is 5.69 Å². The van der Waals surface area contributed by atoms with Crippen molar-refractivity contribution in [2.45, 2.75) is 18.9 Å². The van der Waals surface area contributed by atoms with E-state index in [0.29, 0.717) is 40.4 Å². The number of anilines is 1. The number of halogens is 1. The Morgan fingerprint density at radius 3 is 2.87 bits per heavy atom. The van der Waals surface area contributed by atoms with Gasteiger partial charge in [-0.1, -0.05) is 41.9 Å². The van der Waals surface area contributed by atoms with Crippen LogP contribution < -0.4 is 16.5 Å². The fourth-order valence-corrected chi connectivity index (χ4v) is 4.52. The van der Waals surface area contributed by atoms with E-state index in [-0.39, 0.29) is 23.7 Å². The van der Waals surface area contributed by atoms with Crippen LogP contribution in [-0.2, 0) is 11.3 Å². The molecule has 2 amide bonds. The molecule has 0 bridgehead atoms. The Morgan fingerprint density at radius 1 is 1.30 bits per heavy atom. The summed E-state index contributed by atoms with van der Waals surface area (Å²) in [4.78, 5) is 25.4. The molecule has 7 nitrogen and oxygen atoms in total. The van der Waals surface area contributed by atoms with Gasteiger partial charge in [0.1, 0.15) is 5.15 Å². The van der Waals surface area contributed by atoms with E-state index >= 15 is 0 Å². The highest BCUT2D eigenvalue weighted by Crippen LogP contribution is 2.48. The molecule has 2 aromatic carbocycles. The molecule has 3 aromatic rings. The summed E-state index contributed by atoms with van der Waals surface area (Å²) in [6.45, 7) is 0.874. The molecule has 1 fully saturated rings. The zero-order valence-corrected chi connectivity index (χ0v) is 16.8. The van der Waals surface area contributed by atoms with Crippen LogP contribution in [0.15, 0.2) is 47.6 Å². The first-order valence-electron chi connectivity index (χ1n) is 9.83. The van der Waals surface area contributed by atoms with Crippen molar-refractivity contribution in [3.63, 3.8) is 0 Å². The first kappa shape index (κ1) is 18.8. The van der Waals surface area contributed by atoms with Gasteiger partial charge in [0.05, 0.1) is 17.3 Å². The molecule has 2 aliphatic rings. The predicted molar refractivity (Wildman–Crippen MR) is 117 cm³/mol. The maximum Gasteiger partial charge on any atom is 0.272 e. The minimum atomic E-state index is -0.346. The standard InChI is InChI=1S/C22H20ClN5O2/c23-20-17-11-25-27-22(30)16-8-13(9-18(19(16)17)28(20)7-6-24)26-21(29)15-10-14(15)12-4-2-1-3-5-12/h1-5,8-9,11,14-15H,6-7,10,24H2,(H,26,29)(H,27,30). The van der Waals surface area contributed by atoms with Crippen LogP contribution in [0.25, 0.3) is 10.9 Å². The van der Waals surface area contributed by atoms with Crippen LogP contribution in [0, 0.1) is 5.92 Å². The summed E-state index contributed by atoms with van der Waals surface area (Å²) in [6, 6.07) is 13.5. The molecule has 8 heteroatoms. The maximum atomic E-state index is 12.9. The van der Waals surface area contributed by atoms with Crippen molar-refractivity contribution in [1.82, 2.24) is 9.99 Å². The summed E-state index contributed by atoms with van der Waals surface area (Å²) < 4.78 is 1.85. The third-order valence-corrected chi connectivity index (χ3v) is 6.12. The first-order valence-corrected chi connectivity index (χ1v) is 10.2. The monoisotopic (exact) mass is 421 g/mol. The van der Waals surface area contributed by atoms with Crippen molar-refractivity contribution >= 4 is 46.2 Å². The second-order valence-electron chi connectivity index (χ2n) is 7.61. The number of amides is 2. The van der Waals surface area contributed by atoms with Crippen molar-refractivity contribution in [3.05, 3.63) is 64.3 Å². The van der Waals surface area contributed by atoms with Gasteiger partial charge in [-0.05, 0) is 30.0 Å². The van der Waals surface area contributed by atoms with Gasteiger partial charge in [-0.25, -0.2) is 5.43 Å². The Morgan fingerprint density at radius 2 is 2.10 bits per heavy atom. The SMILES string of the molecule is NCCn1c(Cl)c2c3c(cc(NC(=O)C4CC4c4ccccc4)cc31)C(=O)NN=C2. The Hall–Kier alpha value is -3.16. The van der Waals surface area contributed by atoms with Gasteiger partial charge in [-0.2, -0.15) is 5.10 Å². The molecule has 0 spiro atoms. The van der Waals surface area contributed by atoms with Crippen molar-refractivity contribution in [2.75, 3.05) is 11.9 Å². The van der Waals surface area contributed by atoms with Crippen LogP contribution in [0.3, 0.4) is 0 Å². The molecule has 2 unspecified atom stereocenters. The first-order chi connectivity index (χ1) is 14.6. The minimum absolute atomic E-state index is 0.0519. The van der Waals surface area contributed by atoms with Crippen LogP contribution in [-0.4, -0.2) is 29.1 Å².